The van der Waals surface area contributed by atoms with Crippen LogP contribution in [-0.2, 0) is 0 Å². The molecule has 1 aromatic heterocycles. The highest BCUT2D eigenvalue weighted by Crippen LogP contribution is 2.24. The summed E-state index contributed by atoms with van der Waals surface area (Å²) in [6.45, 7) is 2.74. The van der Waals surface area contributed by atoms with E-state index in [4.69, 9.17) is 4.74 Å². The van der Waals surface area contributed by atoms with Crippen molar-refractivity contribution in [3.05, 3.63) is 42.2 Å². The third kappa shape index (κ3) is 3.14. The van der Waals surface area contributed by atoms with Gasteiger partial charge in [0.15, 0.2) is 5.69 Å². The molecule has 0 radical (unpaired) electrons. The van der Waals surface area contributed by atoms with Crippen LogP contribution in [0.4, 0.5) is 0 Å². The molecule has 0 spiro atoms. The molecule has 128 valence electrons. The number of rotatable bonds is 4. The van der Waals surface area contributed by atoms with E-state index < -0.39 is 0 Å². The molecule has 0 saturated carbocycles. The lowest BCUT2D eigenvalue weighted by molar-refractivity contribution is 0.0353. The number of hydrogen-bond acceptors (Lipinski definition) is 4. The molecule has 1 N–H and O–H groups in total. The molecule has 0 aliphatic carbocycles. The van der Waals surface area contributed by atoms with E-state index in [2.05, 4.69) is 12.0 Å². The monoisotopic (exact) mass is 329 g/mol. The van der Waals surface area contributed by atoms with Gasteiger partial charge in [0.1, 0.15) is 5.75 Å². The Morgan fingerprint density at radius 2 is 2.08 bits per heavy atom. The summed E-state index contributed by atoms with van der Waals surface area (Å²) in [6.07, 6.45) is 3.77. The second-order valence-electron chi connectivity index (χ2n) is 6.21. The van der Waals surface area contributed by atoms with Crippen LogP contribution in [0.2, 0.25) is 0 Å². The minimum absolute atomic E-state index is 0.00784. The standard InChI is InChI=1S/C18H23N3O3/c1-13-4-3-10-20(17(13)12-22)18(23)16-9-11-21(19-16)14-5-7-15(24-2)8-6-14/h5-9,11,13,17,22H,3-4,10,12H2,1-2H3. The van der Waals surface area contributed by atoms with Crippen molar-refractivity contribution in [1.82, 2.24) is 14.7 Å². The quantitative estimate of drug-likeness (QED) is 0.933. The van der Waals surface area contributed by atoms with Gasteiger partial charge < -0.3 is 14.7 Å². The lowest BCUT2D eigenvalue weighted by Gasteiger charge is -2.38. The van der Waals surface area contributed by atoms with Crippen molar-refractivity contribution < 1.29 is 14.6 Å². The number of nitrogens with zero attached hydrogens (tertiary/aromatic N) is 3. The topological polar surface area (TPSA) is 67.6 Å². The Morgan fingerprint density at radius 3 is 2.75 bits per heavy atom. The van der Waals surface area contributed by atoms with Crippen molar-refractivity contribution in [2.24, 2.45) is 5.92 Å². The smallest absolute Gasteiger partial charge is 0.274 e. The molecule has 1 aliphatic heterocycles. The summed E-state index contributed by atoms with van der Waals surface area (Å²) < 4.78 is 6.82. The molecule has 2 heterocycles. The van der Waals surface area contributed by atoms with Crippen LogP contribution in [0, 0.1) is 5.92 Å². The first-order valence-corrected chi connectivity index (χ1v) is 8.26. The van der Waals surface area contributed by atoms with Gasteiger partial charge in [0, 0.05) is 12.7 Å². The zero-order chi connectivity index (χ0) is 17.1. The minimum Gasteiger partial charge on any atom is -0.497 e. The number of methoxy groups -OCH3 is 1. The van der Waals surface area contributed by atoms with Crippen molar-refractivity contribution in [1.29, 1.82) is 0 Å². The van der Waals surface area contributed by atoms with Crippen LogP contribution in [0.15, 0.2) is 36.5 Å². The van der Waals surface area contributed by atoms with Crippen LogP contribution in [0.3, 0.4) is 0 Å². The van der Waals surface area contributed by atoms with Gasteiger partial charge in [-0.15, -0.1) is 0 Å². The molecule has 1 aliphatic rings. The van der Waals surface area contributed by atoms with Crippen molar-refractivity contribution in [3.63, 3.8) is 0 Å². The summed E-state index contributed by atoms with van der Waals surface area (Å²) in [4.78, 5) is 14.5. The Labute approximate surface area is 141 Å². The molecule has 1 saturated heterocycles. The van der Waals surface area contributed by atoms with Gasteiger partial charge in [-0.1, -0.05) is 6.92 Å². The lowest BCUT2D eigenvalue weighted by Crippen LogP contribution is -2.49. The predicted octanol–water partition coefficient (Wildman–Crippen LogP) is 2.11. The maximum Gasteiger partial charge on any atom is 0.274 e. The largest absolute Gasteiger partial charge is 0.497 e. The zero-order valence-corrected chi connectivity index (χ0v) is 14.1. The maximum atomic E-state index is 12.8. The summed E-state index contributed by atoms with van der Waals surface area (Å²) in [5, 5.41) is 14.0. The highest BCUT2D eigenvalue weighted by molar-refractivity contribution is 5.92. The fourth-order valence-corrected chi connectivity index (χ4v) is 3.24. The molecule has 2 aromatic rings. The number of aromatic nitrogens is 2. The van der Waals surface area contributed by atoms with Crippen molar-refractivity contribution in [3.8, 4) is 11.4 Å². The van der Waals surface area contributed by atoms with E-state index in [1.807, 2.05) is 24.3 Å². The van der Waals surface area contributed by atoms with Gasteiger partial charge in [-0.2, -0.15) is 5.10 Å². The van der Waals surface area contributed by atoms with E-state index in [-0.39, 0.29) is 18.6 Å². The summed E-state index contributed by atoms with van der Waals surface area (Å²) >= 11 is 0. The molecule has 2 atom stereocenters. The number of aliphatic hydroxyl groups is 1. The SMILES string of the molecule is COc1ccc(-n2ccc(C(=O)N3CCCC(C)C3CO)n2)cc1. The summed E-state index contributed by atoms with van der Waals surface area (Å²) in [5.74, 6) is 0.958. The van der Waals surface area contributed by atoms with Crippen molar-refractivity contribution >= 4 is 5.91 Å². The van der Waals surface area contributed by atoms with E-state index in [0.717, 1.165) is 24.3 Å². The average molecular weight is 329 g/mol. The highest BCUT2D eigenvalue weighted by Gasteiger charge is 2.32. The number of likely N-dealkylation sites (tertiary alicyclic amines) is 1. The molecule has 2 unspecified atom stereocenters. The molecule has 1 amide bonds. The lowest BCUT2D eigenvalue weighted by atomic mass is 9.91. The Balaban J connectivity index is 1.80. The highest BCUT2D eigenvalue weighted by atomic mass is 16.5. The zero-order valence-electron chi connectivity index (χ0n) is 14.1. The van der Waals surface area contributed by atoms with Crippen LogP contribution in [0.5, 0.6) is 5.75 Å². The van der Waals surface area contributed by atoms with E-state index in [1.54, 1.807) is 29.0 Å². The number of carbonyl (C=O) groups excluding carboxylic acids is 1. The third-order valence-electron chi connectivity index (χ3n) is 4.71. The molecule has 1 fully saturated rings. The van der Waals surface area contributed by atoms with Crippen LogP contribution in [0.1, 0.15) is 30.3 Å². The Morgan fingerprint density at radius 1 is 1.33 bits per heavy atom. The summed E-state index contributed by atoms with van der Waals surface area (Å²) in [6, 6.07) is 9.08. The number of amides is 1. The number of aliphatic hydroxyl groups excluding tert-OH is 1. The van der Waals surface area contributed by atoms with Crippen LogP contribution < -0.4 is 4.74 Å². The number of hydrogen-bond donors (Lipinski definition) is 1. The van der Waals surface area contributed by atoms with Gasteiger partial charge in [0.25, 0.3) is 5.91 Å². The maximum absolute atomic E-state index is 12.8. The van der Waals surface area contributed by atoms with Crippen LogP contribution in [-0.4, -0.2) is 52.0 Å². The molecule has 3 rings (SSSR count). The second-order valence-corrected chi connectivity index (χ2v) is 6.21. The van der Waals surface area contributed by atoms with Gasteiger partial charge in [0.2, 0.25) is 0 Å². The van der Waals surface area contributed by atoms with E-state index >= 15 is 0 Å². The molecule has 1 aromatic carbocycles. The summed E-state index contributed by atoms with van der Waals surface area (Å²) in [5.41, 5.74) is 1.26. The predicted molar refractivity (Wildman–Crippen MR) is 90.4 cm³/mol. The van der Waals surface area contributed by atoms with Gasteiger partial charge in [-0.05, 0) is 49.1 Å². The van der Waals surface area contributed by atoms with Crippen LogP contribution >= 0.6 is 0 Å². The number of carbonyl (C=O) groups is 1. The van der Waals surface area contributed by atoms with E-state index in [1.165, 1.54) is 0 Å². The van der Waals surface area contributed by atoms with Gasteiger partial charge in [0.05, 0.1) is 25.4 Å². The van der Waals surface area contributed by atoms with E-state index in [0.29, 0.717) is 18.2 Å². The first kappa shape index (κ1) is 16.5. The number of ether oxygens (including phenoxy) is 1. The molecular formula is C18H23N3O3. The van der Waals surface area contributed by atoms with Crippen molar-refractivity contribution in [2.45, 2.75) is 25.8 Å². The average Bonchev–Trinajstić information content (AvgIpc) is 3.11. The minimum atomic E-state index is -0.127. The van der Waals surface area contributed by atoms with Crippen molar-refractivity contribution in [2.75, 3.05) is 20.3 Å². The van der Waals surface area contributed by atoms with Gasteiger partial charge in [-0.25, -0.2) is 4.68 Å². The number of piperidine rings is 1. The molecule has 6 heteroatoms. The summed E-state index contributed by atoms with van der Waals surface area (Å²) in [7, 11) is 1.62. The molecular weight excluding hydrogens is 306 g/mol. The second kappa shape index (κ2) is 7.05. The van der Waals surface area contributed by atoms with Crippen LogP contribution in [0.25, 0.3) is 5.69 Å². The van der Waals surface area contributed by atoms with Gasteiger partial charge >= 0.3 is 0 Å². The van der Waals surface area contributed by atoms with E-state index in [9.17, 15) is 9.90 Å². The fourth-order valence-electron chi connectivity index (χ4n) is 3.24. The normalized spacial score (nSPS) is 20.9. The Hall–Kier alpha value is -2.34. The molecule has 24 heavy (non-hydrogen) atoms. The molecule has 0 bridgehead atoms. The Kier molecular flexibility index (Phi) is 4.85. The Bertz CT molecular complexity index is 696. The first-order chi connectivity index (χ1) is 11.6. The fraction of sp³-hybridized carbons (Fsp3) is 0.444. The number of benzene rings is 1. The van der Waals surface area contributed by atoms with Gasteiger partial charge in [-0.3, -0.25) is 4.79 Å². The third-order valence-corrected chi connectivity index (χ3v) is 4.71. The first-order valence-electron chi connectivity index (χ1n) is 8.26. The molecule has 6 nitrogen and oxygen atoms in total.